The van der Waals surface area contributed by atoms with Crippen LogP contribution < -0.4 is 5.73 Å². The smallest absolute Gasteiger partial charge is 0.191 e. The van der Waals surface area contributed by atoms with E-state index in [0.29, 0.717) is 5.56 Å². The van der Waals surface area contributed by atoms with Gasteiger partial charge in [0.2, 0.25) is 0 Å². The lowest BCUT2D eigenvalue weighted by Crippen LogP contribution is -2.22. The molecule has 0 saturated heterocycles. The molecule has 18 heavy (non-hydrogen) atoms. The van der Waals surface area contributed by atoms with E-state index in [0.717, 1.165) is 28.5 Å². The largest absolute Gasteiger partial charge is 0.315 e. The lowest BCUT2D eigenvalue weighted by molar-refractivity contribution is 0.103. The molecule has 1 unspecified atom stereocenters. The molecular formula is C14H12BrNOS. The average Bonchev–Trinajstić information content (AvgIpc) is 2.88. The minimum absolute atomic E-state index is 0.0663. The van der Waals surface area contributed by atoms with Crippen molar-refractivity contribution in [3.63, 3.8) is 0 Å². The Morgan fingerprint density at radius 2 is 2.28 bits per heavy atom. The molecule has 1 heterocycles. The molecule has 2 aliphatic rings. The molecule has 0 amide bonds. The van der Waals surface area contributed by atoms with E-state index in [-0.39, 0.29) is 11.2 Å². The number of rotatable bonds is 2. The second-order valence-electron chi connectivity index (χ2n) is 4.38. The van der Waals surface area contributed by atoms with Crippen LogP contribution in [0.4, 0.5) is 0 Å². The molecule has 3 rings (SSSR count). The topological polar surface area (TPSA) is 43.1 Å². The van der Waals surface area contributed by atoms with Crippen LogP contribution in [0.5, 0.6) is 0 Å². The number of benzene rings is 1. The van der Waals surface area contributed by atoms with Crippen molar-refractivity contribution < 1.29 is 4.79 Å². The molecular weight excluding hydrogens is 310 g/mol. The number of allylic oxidation sites excluding steroid dienone is 2. The summed E-state index contributed by atoms with van der Waals surface area (Å²) in [6.07, 6.45) is 4.16. The van der Waals surface area contributed by atoms with Crippen LogP contribution in [0, 0.1) is 0 Å². The third-order valence-corrected chi connectivity index (χ3v) is 4.87. The highest BCUT2D eigenvalue weighted by Crippen LogP contribution is 2.46. The molecule has 0 saturated carbocycles. The maximum absolute atomic E-state index is 12.6. The van der Waals surface area contributed by atoms with Gasteiger partial charge in [-0.25, -0.2) is 0 Å². The second-order valence-corrected chi connectivity index (χ2v) is 6.48. The SMILES string of the molecule is NC1SC2=CCCC2=C1C(=O)c1cccc(Br)c1. The normalized spacial score (nSPS) is 22.1. The van der Waals surface area contributed by atoms with Gasteiger partial charge in [0.15, 0.2) is 5.78 Å². The predicted octanol–water partition coefficient (Wildman–Crippen LogP) is 3.64. The summed E-state index contributed by atoms with van der Waals surface area (Å²) in [6, 6.07) is 7.49. The van der Waals surface area contributed by atoms with Gasteiger partial charge in [0.1, 0.15) is 0 Å². The van der Waals surface area contributed by atoms with Crippen molar-refractivity contribution in [3.05, 3.63) is 56.4 Å². The summed E-state index contributed by atoms with van der Waals surface area (Å²) in [5.74, 6) is 0.0663. The Bertz CT molecular complexity index is 591. The molecule has 0 bridgehead atoms. The number of thioether (sulfide) groups is 1. The van der Waals surface area contributed by atoms with Crippen LogP contribution in [-0.4, -0.2) is 11.2 Å². The first-order chi connectivity index (χ1) is 8.66. The van der Waals surface area contributed by atoms with Gasteiger partial charge in [-0.15, -0.1) is 11.8 Å². The van der Waals surface area contributed by atoms with E-state index >= 15 is 0 Å². The molecule has 1 aliphatic heterocycles. The molecule has 1 aromatic carbocycles. The molecule has 2 N–H and O–H groups in total. The molecule has 0 spiro atoms. The number of carbonyl (C=O) groups excluding carboxylic acids is 1. The van der Waals surface area contributed by atoms with E-state index in [1.165, 1.54) is 4.91 Å². The zero-order valence-corrected chi connectivity index (χ0v) is 12.1. The summed E-state index contributed by atoms with van der Waals surface area (Å²) in [5.41, 5.74) is 8.74. The van der Waals surface area contributed by atoms with Crippen molar-refractivity contribution in [2.24, 2.45) is 5.73 Å². The highest BCUT2D eigenvalue weighted by atomic mass is 79.9. The number of hydrogen-bond donors (Lipinski definition) is 1. The van der Waals surface area contributed by atoms with Gasteiger partial charge in [0, 0.05) is 20.5 Å². The number of halogens is 1. The summed E-state index contributed by atoms with van der Waals surface area (Å²) in [5, 5.41) is -0.210. The molecule has 1 aromatic rings. The van der Waals surface area contributed by atoms with Crippen molar-refractivity contribution in [3.8, 4) is 0 Å². The summed E-state index contributed by atoms with van der Waals surface area (Å²) in [7, 11) is 0. The Labute approximate surface area is 118 Å². The maximum Gasteiger partial charge on any atom is 0.191 e. The molecule has 1 aliphatic carbocycles. The highest BCUT2D eigenvalue weighted by Gasteiger charge is 2.34. The Morgan fingerprint density at radius 1 is 1.44 bits per heavy atom. The van der Waals surface area contributed by atoms with Crippen LogP contribution in [0.1, 0.15) is 23.2 Å². The first-order valence-electron chi connectivity index (χ1n) is 5.83. The number of ketones is 1. The zero-order valence-electron chi connectivity index (χ0n) is 9.65. The second kappa shape index (κ2) is 4.68. The highest BCUT2D eigenvalue weighted by molar-refractivity contribution is 9.10. The van der Waals surface area contributed by atoms with Gasteiger partial charge in [0.25, 0.3) is 0 Å². The Kier molecular flexibility index (Phi) is 3.18. The standard InChI is InChI=1S/C14H12BrNOS/c15-9-4-1-3-8(7-9)13(17)12-10-5-2-6-11(10)18-14(12)16/h1,3-4,6-7,14H,2,5,16H2. The van der Waals surface area contributed by atoms with Gasteiger partial charge in [-0.05, 0) is 30.5 Å². The average molecular weight is 322 g/mol. The number of Topliss-reactive ketones (excluding diaryl/α,β-unsaturated/α-hetero) is 1. The lowest BCUT2D eigenvalue weighted by atomic mass is 9.98. The molecule has 4 heteroatoms. The molecule has 2 nitrogen and oxygen atoms in total. The van der Waals surface area contributed by atoms with Gasteiger partial charge in [-0.1, -0.05) is 34.1 Å². The Balaban J connectivity index is 2.03. The molecule has 1 atom stereocenters. The van der Waals surface area contributed by atoms with Crippen LogP contribution in [0.2, 0.25) is 0 Å². The minimum Gasteiger partial charge on any atom is -0.315 e. The van der Waals surface area contributed by atoms with Crippen LogP contribution >= 0.6 is 27.7 Å². The summed E-state index contributed by atoms with van der Waals surface area (Å²) in [6.45, 7) is 0. The summed E-state index contributed by atoms with van der Waals surface area (Å²) in [4.78, 5) is 13.8. The van der Waals surface area contributed by atoms with E-state index in [4.69, 9.17) is 5.73 Å². The van der Waals surface area contributed by atoms with Gasteiger partial charge in [-0.3, -0.25) is 4.79 Å². The van der Waals surface area contributed by atoms with Crippen LogP contribution in [0.15, 0.2) is 50.9 Å². The predicted molar refractivity (Wildman–Crippen MR) is 78.4 cm³/mol. The van der Waals surface area contributed by atoms with Gasteiger partial charge < -0.3 is 5.73 Å². The van der Waals surface area contributed by atoms with E-state index in [9.17, 15) is 4.79 Å². The lowest BCUT2D eigenvalue weighted by Gasteiger charge is -2.09. The van der Waals surface area contributed by atoms with E-state index < -0.39 is 0 Å². The summed E-state index contributed by atoms with van der Waals surface area (Å²) < 4.78 is 0.917. The Hall–Kier alpha value is -0.840. The molecule has 0 aromatic heterocycles. The van der Waals surface area contributed by atoms with Crippen LogP contribution in [0.3, 0.4) is 0 Å². The van der Waals surface area contributed by atoms with E-state index in [1.54, 1.807) is 11.8 Å². The van der Waals surface area contributed by atoms with Crippen LogP contribution in [0.25, 0.3) is 0 Å². The maximum atomic E-state index is 12.6. The van der Waals surface area contributed by atoms with Gasteiger partial charge in [0.05, 0.1) is 5.37 Å². The first kappa shape index (κ1) is 12.2. The number of carbonyl (C=O) groups is 1. The quantitative estimate of drug-likeness (QED) is 0.846. The monoisotopic (exact) mass is 321 g/mol. The van der Waals surface area contributed by atoms with E-state index in [1.807, 2.05) is 24.3 Å². The minimum atomic E-state index is -0.210. The molecule has 0 fully saturated rings. The summed E-state index contributed by atoms with van der Waals surface area (Å²) >= 11 is 5.00. The fourth-order valence-electron chi connectivity index (χ4n) is 2.40. The van der Waals surface area contributed by atoms with Crippen molar-refractivity contribution in [1.82, 2.24) is 0 Å². The third-order valence-electron chi connectivity index (χ3n) is 3.22. The van der Waals surface area contributed by atoms with Gasteiger partial charge >= 0.3 is 0 Å². The Morgan fingerprint density at radius 3 is 3.06 bits per heavy atom. The third kappa shape index (κ3) is 1.98. The van der Waals surface area contributed by atoms with Crippen molar-refractivity contribution >= 4 is 33.5 Å². The van der Waals surface area contributed by atoms with Crippen molar-refractivity contribution in [1.29, 1.82) is 0 Å². The molecule has 92 valence electrons. The molecule has 0 radical (unpaired) electrons. The zero-order chi connectivity index (χ0) is 12.7. The number of fused-ring (bicyclic) bond motifs is 1. The number of nitrogens with two attached hydrogens (primary N) is 1. The van der Waals surface area contributed by atoms with Gasteiger partial charge in [-0.2, -0.15) is 0 Å². The fourth-order valence-corrected chi connectivity index (χ4v) is 4.01. The fraction of sp³-hybridized carbons (Fsp3) is 0.214. The number of hydrogen-bond acceptors (Lipinski definition) is 3. The van der Waals surface area contributed by atoms with Crippen molar-refractivity contribution in [2.45, 2.75) is 18.2 Å². The van der Waals surface area contributed by atoms with Crippen LogP contribution in [-0.2, 0) is 0 Å². The van der Waals surface area contributed by atoms with E-state index in [2.05, 4.69) is 22.0 Å². The van der Waals surface area contributed by atoms with Crippen molar-refractivity contribution in [2.75, 3.05) is 0 Å². The first-order valence-corrected chi connectivity index (χ1v) is 7.50.